The SMILES string of the molecule is O=C(NCc1ccnc(N2CCCC2)c1)N1CCc2ccccc2C1. The van der Waals surface area contributed by atoms with E-state index in [2.05, 4.69) is 39.5 Å². The van der Waals surface area contributed by atoms with E-state index in [0.29, 0.717) is 13.1 Å². The molecule has 1 aromatic carbocycles. The molecular formula is C20H24N4O. The van der Waals surface area contributed by atoms with E-state index in [0.717, 1.165) is 37.4 Å². The molecule has 1 fully saturated rings. The van der Waals surface area contributed by atoms with E-state index >= 15 is 0 Å². The van der Waals surface area contributed by atoms with Crippen LogP contribution in [-0.4, -0.2) is 35.5 Å². The third-order valence-electron chi connectivity index (χ3n) is 5.10. The van der Waals surface area contributed by atoms with E-state index < -0.39 is 0 Å². The standard InChI is InChI=1S/C20H24N4O/c25-20(24-12-8-17-5-1-2-6-18(17)15-24)22-14-16-7-9-21-19(13-16)23-10-3-4-11-23/h1-2,5-7,9,13H,3-4,8,10-12,14-15H2,(H,22,25). The van der Waals surface area contributed by atoms with E-state index in [4.69, 9.17) is 0 Å². The van der Waals surface area contributed by atoms with Crippen LogP contribution in [0.2, 0.25) is 0 Å². The van der Waals surface area contributed by atoms with Gasteiger partial charge in [0.05, 0.1) is 0 Å². The highest BCUT2D eigenvalue weighted by Crippen LogP contribution is 2.20. The molecule has 1 aromatic heterocycles. The number of hydrogen-bond acceptors (Lipinski definition) is 3. The highest BCUT2D eigenvalue weighted by molar-refractivity contribution is 5.74. The number of nitrogens with zero attached hydrogens (tertiary/aromatic N) is 3. The zero-order valence-electron chi connectivity index (χ0n) is 14.4. The maximum Gasteiger partial charge on any atom is 0.317 e. The van der Waals surface area contributed by atoms with Gasteiger partial charge in [0.15, 0.2) is 0 Å². The number of anilines is 1. The fourth-order valence-electron chi connectivity index (χ4n) is 3.65. The van der Waals surface area contributed by atoms with Crippen molar-refractivity contribution in [3.63, 3.8) is 0 Å². The van der Waals surface area contributed by atoms with Crippen molar-refractivity contribution < 1.29 is 4.79 Å². The second-order valence-corrected chi connectivity index (χ2v) is 6.82. The van der Waals surface area contributed by atoms with Gasteiger partial charge in [-0.05, 0) is 48.1 Å². The molecule has 0 aliphatic carbocycles. The molecule has 0 bridgehead atoms. The Hall–Kier alpha value is -2.56. The maximum absolute atomic E-state index is 12.5. The number of rotatable bonds is 3. The van der Waals surface area contributed by atoms with Gasteiger partial charge >= 0.3 is 6.03 Å². The van der Waals surface area contributed by atoms with Gasteiger partial charge in [-0.1, -0.05) is 24.3 Å². The Balaban J connectivity index is 1.35. The van der Waals surface area contributed by atoms with Crippen molar-refractivity contribution in [2.75, 3.05) is 24.5 Å². The Morgan fingerprint density at radius 3 is 2.72 bits per heavy atom. The summed E-state index contributed by atoms with van der Waals surface area (Å²) in [6.45, 7) is 4.17. The molecule has 2 aliphatic rings. The van der Waals surface area contributed by atoms with E-state index in [-0.39, 0.29) is 6.03 Å². The molecule has 2 aromatic rings. The largest absolute Gasteiger partial charge is 0.357 e. The number of urea groups is 1. The Kier molecular flexibility index (Phi) is 4.55. The van der Waals surface area contributed by atoms with Crippen molar-refractivity contribution in [1.82, 2.24) is 15.2 Å². The van der Waals surface area contributed by atoms with Gasteiger partial charge in [-0.25, -0.2) is 9.78 Å². The minimum atomic E-state index is 0.00837. The molecular weight excluding hydrogens is 312 g/mol. The molecule has 130 valence electrons. The number of benzene rings is 1. The van der Waals surface area contributed by atoms with Gasteiger partial charge in [-0.3, -0.25) is 0 Å². The second kappa shape index (κ2) is 7.13. The van der Waals surface area contributed by atoms with Gasteiger partial charge in [-0.2, -0.15) is 0 Å². The number of aromatic nitrogens is 1. The van der Waals surface area contributed by atoms with Gasteiger partial charge in [0.2, 0.25) is 0 Å². The van der Waals surface area contributed by atoms with Gasteiger partial charge in [0, 0.05) is 38.9 Å². The molecule has 5 nitrogen and oxygen atoms in total. The van der Waals surface area contributed by atoms with Gasteiger partial charge in [0.25, 0.3) is 0 Å². The Labute approximate surface area is 148 Å². The summed E-state index contributed by atoms with van der Waals surface area (Å²) in [5.41, 5.74) is 3.71. The predicted octanol–water partition coefficient (Wildman–Crippen LogP) is 2.95. The molecule has 5 heteroatoms. The van der Waals surface area contributed by atoms with Crippen molar-refractivity contribution >= 4 is 11.8 Å². The Morgan fingerprint density at radius 1 is 1.08 bits per heavy atom. The highest BCUT2D eigenvalue weighted by Gasteiger charge is 2.20. The Morgan fingerprint density at radius 2 is 1.88 bits per heavy atom. The molecule has 0 spiro atoms. The minimum absolute atomic E-state index is 0.00837. The first-order chi connectivity index (χ1) is 12.3. The average Bonchev–Trinajstić information content (AvgIpc) is 3.21. The summed E-state index contributed by atoms with van der Waals surface area (Å²) in [5.74, 6) is 1.02. The molecule has 2 aliphatic heterocycles. The first-order valence-electron chi connectivity index (χ1n) is 9.09. The molecule has 4 rings (SSSR count). The first kappa shape index (κ1) is 15.9. The molecule has 1 saturated heterocycles. The van der Waals surface area contributed by atoms with Crippen molar-refractivity contribution in [2.45, 2.75) is 32.4 Å². The molecule has 0 unspecified atom stereocenters. The number of carbonyl (C=O) groups is 1. The van der Waals surface area contributed by atoms with Crippen LogP contribution in [-0.2, 0) is 19.5 Å². The summed E-state index contributed by atoms with van der Waals surface area (Å²) in [5, 5.41) is 3.06. The van der Waals surface area contributed by atoms with Gasteiger partial charge in [-0.15, -0.1) is 0 Å². The van der Waals surface area contributed by atoms with Crippen LogP contribution in [0.4, 0.5) is 10.6 Å². The number of amides is 2. The number of hydrogen-bond donors (Lipinski definition) is 1. The summed E-state index contributed by atoms with van der Waals surface area (Å²) in [7, 11) is 0. The molecule has 25 heavy (non-hydrogen) atoms. The Bertz CT molecular complexity index is 755. The highest BCUT2D eigenvalue weighted by atomic mass is 16.2. The maximum atomic E-state index is 12.5. The fourth-order valence-corrected chi connectivity index (χ4v) is 3.65. The van der Waals surface area contributed by atoms with E-state index in [1.54, 1.807) is 0 Å². The number of carbonyl (C=O) groups excluding carboxylic acids is 1. The van der Waals surface area contributed by atoms with Crippen molar-refractivity contribution in [3.8, 4) is 0 Å². The molecule has 0 saturated carbocycles. The molecule has 0 atom stereocenters. The van der Waals surface area contributed by atoms with Crippen molar-refractivity contribution in [2.24, 2.45) is 0 Å². The number of pyridine rings is 1. The van der Waals surface area contributed by atoms with E-state index in [9.17, 15) is 4.79 Å². The van der Waals surface area contributed by atoms with Crippen LogP contribution in [0, 0.1) is 0 Å². The predicted molar refractivity (Wildman–Crippen MR) is 98.5 cm³/mol. The third kappa shape index (κ3) is 3.60. The lowest BCUT2D eigenvalue weighted by Crippen LogP contribution is -2.42. The molecule has 0 radical (unpaired) electrons. The van der Waals surface area contributed by atoms with Crippen LogP contribution in [0.15, 0.2) is 42.6 Å². The quantitative estimate of drug-likeness (QED) is 0.937. The molecule has 2 amide bonds. The summed E-state index contributed by atoms with van der Waals surface area (Å²) < 4.78 is 0. The summed E-state index contributed by atoms with van der Waals surface area (Å²) in [6, 6.07) is 12.4. The monoisotopic (exact) mass is 336 g/mol. The van der Waals surface area contributed by atoms with Crippen LogP contribution >= 0.6 is 0 Å². The summed E-state index contributed by atoms with van der Waals surface area (Å²) in [4.78, 5) is 21.2. The smallest absolute Gasteiger partial charge is 0.317 e. The lowest BCUT2D eigenvalue weighted by atomic mass is 10.0. The van der Waals surface area contributed by atoms with Crippen molar-refractivity contribution in [3.05, 3.63) is 59.3 Å². The first-order valence-corrected chi connectivity index (χ1v) is 9.09. The normalized spacial score (nSPS) is 16.6. The van der Waals surface area contributed by atoms with Crippen LogP contribution in [0.5, 0.6) is 0 Å². The minimum Gasteiger partial charge on any atom is -0.357 e. The van der Waals surface area contributed by atoms with Gasteiger partial charge < -0.3 is 15.1 Å². The fraction of sp³-hybridized carbons (Fsp3) is 0.400. The topological polar surface area (TPSA) is 48.5 Å². The average molecular weight is 336 g/mol. The van der Waals surface area contributed by atoms with Crippen LogP contribution < -0.4 is 10.2 Å². The van der Waals surface area contributed by atoms with E-state index in [1.165, 1.54) is 24.0 Å². The van der Waals surface area contributed by atoms with Crippen LogP contribution in [0.25, 0.3) is 0 Å². The van der Waals surface area contributed by atoms with Crippen molar-refractivity contribution in [1.29, 1.82) is 0 Å². The lowest BCUT2D eigenvalue weighted by Gasteiger charge is -2.29. The third-order valence-corrected chi connectivity index (χ3v) is 5.10. The second-order valence-electron chi connectivity index (χ2n) is 6.82. The summed E-state index contributed by atoms with van der Waals surface area (Å²) in [6.07, 6.45) is 5.24. The van der Waals surface area contributed by atoms with Crippen LogP contribution in [0.1, 0.15) is 29.5 Å². The molecule has 1 N–H and O–H groups in total. The zero-order valence-corrected chi connectivity index (χ0v) is 14.4. The summed E-state index contributed by atoms with van der Waals surface area (Å²) >= 11 is 0. The van der Waals surface area contributed by atoms with E-state index in [1.807, 2.05) is 23.2 Å². The lowest BCUT2D eigenvalue weighted by molar-refractivity contribution is 0.192. The molecule has 3 heterocycles. The zero-order chi connectivity index (χ0) is 17.1. The van der Waals surface area contributed by atoms with Crippen LogP contribution in [0.3, 0.4) is 0 Å². The number of fused-ring (bicyclic) bond motifs is 1. The van der Waals surface area contributed by atoms with Gasteiger partial charge in [0.1, 0.15) is 5.82 Å². The number of nitrogens with one attached hydrogen (secondary N) is 1.